The molecule has 1 aromatic carbocycles. The number of hydrogen-bond acceptors (Lipinski definition) is 4. The van der Waals surface area contributed by atoms with Crippen LogP contribution in [-0.2, 0) is 4.79 Å². The van der Waals surface area contributed by atoms with E-state index in [1.165, 1.54) is 13.5 Å². The Morgan fingerprint density at radius 3 is 1.62 bits per heavy atom. The van der Waals surface area contributed by atoms with Crippen molar-refractivity contribution in [3.8, 4) is 5.75 Å². The van der Waals surface area contributed by atoms with Gasteiger partial charge in [-0.15, -0.1) is 0 Å². The summed E-state index contributed by atoms with van der Waals surface area (Å²) in [5.41, 5.74) is 10.8. The number of ether oxygens (including phenoxy) is 1. The molecule has 0 aromatic heterocycles. The number of rotatable bonds is 6. The summed E-state index contributed by atoms with van der Waals surface area (Å²) in [5.74, 6) is 1.06. The van der Waals surface area contributed by atoms with Crippen LogP contribution in [0.4, 0.5) is 5.69 Å². The van der Waals surface area contributed by atoms with Crippen LogP contribution in [0.3, 0.4) is 0 Å². The Morgan fingerprint density at radius 2 is 1.27 bits per heavy atom. The van der Waals surface area contributed by atoms with Gasteiger partial charge in [0.2, 0.25) is 0 Å². The average molecular weight is 373 g/mol. The van der Waals surface area contributed by atoms with E-state index in [0.717, 1.165) is 24.3 Å². The van der Waals surface area contributed by atoms with E-state index >= 15 is 0 Å². The van der Waals surface area contributed by atoms with Crippen LogP contribution in [0.5, 0.6) is 5.75 Å². The molecule has 0 aliphatic rings. The Hall–Kier alpha value is -1.55. The number of nitrogen functional groups attached to an aromatic ring is 1. The number of unbranched alkanes of at least 4 members (excludes halogenated alkanes) is 1. The van der Waals surface area contributed by atoms with E-state index < -0.39 is 0 Å². The lowest BCUT2D eigenvalue weighted by Gasteiger charge is -2.05. The highest BCUT2D eigenvalue weighted by Crippen LogP contribution is 2.13. The number of nitrogens with two attached hydrogens (primary N) is 2. The molecule has 0 radical (unpaired) electrons. The first-order valence-corrected chi connectivity index (χ1v) is 10.2. The molecule has 0 atom stereocenters. The summed E-state index contributed by atoms with van der Waals surface area (Å²) in [6, 6.07) is 7.32. The van der Waals surface area contributed by atoms with Crippen molar-refractivity contribution in [1.82, 2.24) is 0 Å². The van der Waals surface area contributed by atoms with Gasteiger partial charge in [-0.2, -0.15) is 0 Å². The van der Waals surface area contributed by atoms with E-state index in [4.69, 9.17) is 10.5 Å². The summed E-state index contributed by atoms with van der Waals surface area (Å²) in [6.07, 6.45) is 3.69. The number of Topliss-reactive ketones (excluding diaryl/α,β-unsaturated/α-hetero) is 1. The van der Waals surface area contributed by atoms with Gasteiger partial charge in [0, 0.05) is 12.1 Å². The van der Waals surface area contributed by atoms with Crippen molar-refractivity contribution in [3.05, 3.63) is 24.3 Å². The highest BCUT2D eigenvalue weighted by molar-refractivity contribution is 5.75. The lowest BCUT2D eigenvalue weighted by Crippen LogP contribution is -1.99. The number of ketones is 1. The zero-order chi connectivity index (χ0) is 21.8. The van der Waals surface area contributed by atoms with E-state index in [-0.39, 0.29) is 5.78 Å². The summed E-state index contributed by atoms with van der Waals surface area (Å²) < 4.78 is 5.48. The smallest absolute Gasteiger partial charge is 0.129 e. The van der Waals surface area contributed by atoms with E-state index in [2.05, 4.69) is 19.6 Å². The van der Waals surface area contributed by atoms with Crippen LogP contribution >= 0.6 is 0 Å². The molecule has 0 aliphatic carbocycles. The van der Waals surface area contributed by atoms with Gasteiger partial charge in [-0.3, -0.25) is 0 Å². The Balaban J connectivity index is -0.000000113. The first kappa shape index (κ1) is 35.5. The fourth-order valence-electron chi connectivity index (χ4n) is 1.23. The molecule has 4 nitrogen and oxygen atoms in total. The van der Waals surface area contributed by atoms with Crippen molar-refractivity contribution >= 4 is 11.5 Å². The molecule has 0 amide bonds. The number of hydrogen-bond donors (Lipinski definition) is 2. The fourth-order valence-corrected chi connectivity index (χ4v) is 1.23. The van der Waals surface area contributed by atoms with Gasteiger partial charge >= 0.3 is 0 Å². The predicted molar refractivity (Wildman–Crippen MR) is 121 cm³/mol. The molecule has 4 heteroatoms. The number of anilines is 1. The second-order valence-corrected chi connectivity index (χ2v) is 4.28. The van der Waals surface area contributed by atoms with Crippen LogP contribution in [0.25, 0.3) is 0 Å². The van der Waals surface area contributed by atoms with Gasteiger partial charge < -0.3 is 21.0 Å². The van der Waals surface area contributed by atoms with Crippen LogP contribution in [0, 0.1) is 0 Å². The standard InChI is InChI=1S/C12H17NO2.C3H8.3C2H6.CH5N/c1-10(14)4-2-3-9-15-12-7-5-11(13)6-8-12;1-3-2;4*1-2/h5-8H,2-4,9,13H2,1H3;3H2,1-2H3;3*1-2H3;2H2,1H3. The maximum atomic E-state index is 10.7. The van der Waals surface area contributed by atoms with Crippen molar-refractivity contribution in [2.24, 2.45) is 5.73 Å². The lowest BCUT2D eigenvalue weighted by atomic mass is 10.2. The van der Waals surface area contributed by atoms with Gasteiger partial charge in [0.05, 0.1) is 6.61 Å². The van der Waals surface area contributed by atoms with E-state index in [0.29, 0.717) is 13.0 Å². The summed E-state index contributed by atoms with van der Waals surface area (Å²) in [4.78, 5) is 10.7. The topological polar surface area (TPSA) is 78.3 Å². The van der Waals surface area contributed by atoms with Crippen LogP contribution in [0.1, 0.15) is 88.0 Å². The van der Waals surface area contributed by atoms with E-state index in [1.807, 2.05) is 65.8 Å². The third-order valence-electron chi connectivity index (χ3n) is 2.07. The number of carbonyl (C=O) groups excluding carboxylic acids is 1. The summed E-state index contributed by atoms with van der Waals surface area (Å²) in [7, 11) is 1.50. The van der Waals surface area contributed by atoms with Crippen molar-refractivity contribution in [2.75, 3.05) is 19.4 Å². The first-order chi connectivity index (χ1) is 12.6. The predicted octanol–water partition coefficient (Wildman–Crippen LogP) is 6.48. The normalized spacial score (nSPS) is 7.35. The molecule has 0 unspecified atom stereocenters. The van der Waals surface area contributed by atoms with Gasteiger partial charge in [-0.1, -0.05) is 61.8 Å². The third kappa shape index (κ3) is 38.2. The van der Waals surface area contributed by atoms with Crippen molar-refractivity contribution in [3.63, 3.8) is 0 Å². The summed E-state index contributed by atoms with van der Waals surface area (Å²) in [6.45, 7) is 18.5. The SMILES string of the molecule is CC.CC.CC.CC(=O)CCCCOc1ccc(N)cc1.CCC.CN. The second-order valence-electron chi connectivity index (χ2n) is 4.28. The quantitative estimate of drug-likeness (QED) is 0.442. The molecule has 0 spiro atoms. The molecular weight excluding hydrogens is 324 g/mol. The fraction of sp³-hybridized carbons (Fsp3) is 0.682. The third-order valence-corrected chi connectivity index (χ3v) is 2.07. The van der Waals surface area contributed by atoms with Crippen LogP contribution in [0.15, 0.2) is 24.3 Å². The molecular formula is C22H48N2O2. The second kappa shape index (κ2) is 38.8. The molecule has 4 N–H and O–H groups in total. The summed E-state index contributed by atoms with van der Waals surface area (Å²) >= 11 is 0. The van der Waals surface area contributed by atoms with Crippen LogP contribution in [0.2, 0.25) is 0 Å². The largest absolute Gasteiger partial charge is 0.494 e. The van der Waals surface area contributed by atoms with E-state index in [9.17, 15) is 4.79 Å². The monoisotopic (exact) mass is 372 g/mol. The van der Waals surface area contributed by atoms with Crippen molar-refractivity contribution in [2.45, 2.75) is 88.0 Å². The number of carbonyl (C=O) groups is 1. The summed E-state index contributed by atoms with van der Waals surface area (Å²) in [5, 5.41) is 0. The van der Waals surface area contributed by atoms with Gasteiger partial charge in [0.1, 0.15) is 11.5 Å². The highest BCUT2D eigenvalue weighted by Gasteiger charge is 1.95. The number of benzene rings is 1. The first-order valence-electron chi connectivity index (χ1n) is 10.2. The van der Waals surface area contributed by atoms with Gasteiger partial charge in [-0.25, -0.2) is 0 Å². The molecule has 0 aliphatic heterocycles. The zero-order valence-electron chi connectivity index (χ0n) is 19.3. The van der Waals surface area contributed by atoms with Crippen LogP contribution in [-0.4, -0.2) is 19.4 Å². The molecule has 0 saturated carbocycles. The van der Waals surface area contributed by atoms with E-state index in [1.54, 1.807) is 6.92 Å². The van der Waals surface area contributed by atoms with Gasteiger partial charge in [0.15, 0.2) is 0 Å². The molecule has 0 saturated heterocycles. The average Bonchev–Trinajstić information content (AvgIpc) is 2.70. The van der Waals surface area contributed by atoms with Gasteiger partial charge in [-0.05, 0) is 51.1 Å². The molecule has 26 heavy (non-hydrogen) atoms. The minimum atomic E-state index is 0.238. The maximum Gasteiger partial charge on any atom is 0.129 e. The van der Waals surface area contributed by atoms with Gasteiger partial charge in [0.25, 0.3) is 0 Å². The lowest BCUT2D eigenvalue weighted by molar-refractivity contribution is -0.117. The molecule has 1 rings (SSSR count). The molecule has 0 fully saturated rings. The zero-order valence-corrected chi connectivity index (χ0v) is 19.3. The molecule has 1 aromatic rings. The Labute approximate surface area is 164 Å². The molecule has 0 bridgehead atoms. The Bertz CT molecular complexity index is 325. The molecule has 0 heterocycles. The highest BCUT2D eigenvalue weighted by atomic mass is 16.5. The maximum absolute atomic E-state index is 10.7. The molecule has 158 valence electrons. The Morgan fingerprint density at radius 1 is 0.885 bits per heavy atom. The minimum absolute atomic E-state index is 0.238. The van der Waals surface area contributed by atoms with Crippen molar-refractivity contribution in [1.29, 1.82) is 0 Å². The Kier molecular flexibility index (Phi) is 53.1. The van der Waals surface area contributed by atoms with Crippen molar-refractivity contribution < 1.29 is 9.53 Å². The minimum Gasteiger partial charge on any atom is -0.494 e. The van der Waals surface area contributed by atoms with Crippen LogP contribution < -0.4 is 16.2 Å².